The minimum Gasteiger partial charge on any atom is -0.457 e. The highest BCUT2D eigenvalue weighted by Crippen LogP contribution is 2.26. The smallest absolute Gasteiger partial charge is 0.397 e. The van der Waals surface area contributed by atoms with E-state index in [2.05, 4.69) is 78.8 Å². The van der Waals surface area contributed by atoms with Crippen LogP contribution < -0.4 is 0 Å². The molecule has 1 aliphatic rings. The summed E-state index contributed by atoms with van der Waals surface area (Å²) in [6.45, 7) is 3.81. The molecule has 0 amide bonds. The summed E-state index contributed by atoms with van der Waals surface area (Å²) in [5.74, 6) is -0.479. The van der Waals surface area contributed by atoms with Crippen LogP contribution in [0, 0.1) is 0 Å². The lowest BCUT2D eigenvalue weighted by Gasteiger charge is -2.41. The molecule has 12 nitrogen and oxygen atoms in total. The molecule has 1 heterocycles. The summed E-state index contributed by atoms with van der Waals surface area (Å²) in [5.41, 5.74) is 0. The van der Waals surface area contributed by atoms with Crippen LogP contribution in [0.5, 0.6) is 0 Å². The summed E-state index contributed by atoms with van der Waals surface area (Å²) >= 11 is 0. The van der Waals surface area contributed by atoms with Crippen LogP contribution in [0.3, 0.4) is 0 Å². The first-order valence-corrected chi connectivity index (χ1v) is 27.6. The zero-order chi connectivity index (χ0) is 48.9. The molecular weight excluding hydrogens is 873 g/mol. The highest BCUT2D eigenvalue weighted by atomic mass is 32.3. The third kappa shape index (κ3) is 38.0. The van der Waals surface area contributed by atoms with Crippen LogP contribution in [-0.4, -0.2) is 97.5 Å². The molecular formula is C54H94O12S. The predicted molar refractivity (Wildman–Crippen MR) is 271 cm³/mol. The second-order valence-electron chi connectivity index (χ2n) is 17.7. The molecule has 1 saturated heterocycles. The molecule has 1 aliphatic heterocycles. The van der Waals surface area contributed by atoms with Gasteiger partial charge in [0.05, 0.1) is 19.8 Å². The summed E-state index contributed by atoms with van der Waals surface area (Å²) in [6, 6.07) is 0. The molecule has 1 fully saturated rings. The van der Waals surface area contributed by atoms with Crippen LogP contribution in [0.4, 0.5) is 0 Å². The Hall–Kier alpha value is -2.46. The van der Waals surface area contributed by atoms with Crippen molar-refractivity contribution < 1.29 is 56.2 Å². The Morgan fingerprint density at radius 1 is 0.582 bits per heavy atom. The Labute approximate surface area is 407 Å². The maximum Gasteiger partial charge on any atom is 0.397 e. The summed E-state index contributed by atoms with van der Waals surface area (Å²) < 4.78 is 59.2. The number of hydrogen-bond donors (Lipinski definition) is 4. The Morgan fingerprint density at radius 2 is 1.00 bits per heavy atom. The first-order chi connectivity index (χ1) is 32.6. The number of aliphatic hydroxyl groups excluding tert-OH is 3. The van der Waals surface area contributed by atoms with Crippen molar-refractivity contribution >= 4 is 16.4 Å². The standard InChI is InChI=1S/C54H94O12S/c1-3-5-7-9-11-13-15-17-19-21-23-24-26-28-30-32-34-36-38-40-42-44-62-46-48(47-63-54-52(58)53(66-67(59,60)61)51(57)49(45-55)65-54)64-50(56)43-41-39-37-35-33-31-29-27-25-22-20-18-16-14-12-10-8-6-4-2/h6,8,12,14,18,20,25,27,31,33,37,39,48-49,51-55,57-58H,3-5,7,9-11,13,15-17,19,21-24,26,28-30,32,34-36,38,40-47H2,1-2H3,(H,59,60,61)/b8-6-,14-12-,20-18-,27-25-,33-31-,39-37-. The lowest BCUT2D eigenvalue weighted by atomic mass is 9.99. The lowest BCUT2D eigenvalue weighted by Crippen LogP contribution is -2.60. The van der Waals surface area contributed by atoms with E-state index in [1.807, 2.05) is 12.2 Å². The van der Waals surface area contributed by atoms with Crippen molar-refractivity contribution in [3.63, 3.8) is 0 Å². The fraction of sp³-hybridized carbons (Fsp3) is 0.759. The number of carbonyl (C=O) groups excluding carboxylic acids is 1. The Morgan fingerprint density at radius 3 is 1.42 bits per heavy atom. The van der Waals surface area contributed by atoms with Gasteiger partial charge in [-0.1, -0.05) is 215 Å². The van der Waals surface area contributed by atoms with E-state index < -0.39 is 59.8 Å². The van der Waals surface area contributed by atoms with E-state index in [0.717, 1.165) is 57.8 Å². The molecule has 0 saturated carbocycles. The fourth-order valence-electron chi connectivity index (χ4n) is 7.70. The molecule has 6 atom stereocenters. The largest absolute Gasteiger partial charge is 0.457 e. The van der Waals surface area contributed by atoms with Gasteiger partial charge in [0.25, 0.3) is 0 Å². The minimum absolute atomic E-state index is 0.00462. The van der Waals surface area contributed by atoms with Crippen LogP contribution in [0.2, 0.25) is 0 Å². The normalized spacial score (nSPS) is 20.0. The zero-order valence-corrected chi connectivity index (χ0v) is 42.5. The number of ether oxygens (including phenoxy) is 4. The van der Waals surface area contributed by atoms with E-state index in [9.17, 15) is 33.1 Å². The van der Waals surface area contributed by atoms with Crippen LogP contribution in [0.15, 0.2) is 72.9 Å². The van der Waals surface area contributed by atoms with Gasteiger partial charge in [-0.15, -0.1) is 0 Å². The van der Waals surface area contributed by atoms with Crippen molar-refractivity contribution in [1.82, 2.24) is 0 Å². The van der Waals surface area contributed by atoms with Crippen molar-refractivity contribution in [3.05, 3.63) is 72.9 Å². The van der Waals surface area contributed by atoms with Gasteiger partial charge in [-0.05, 0) is 51.4 Å². The molecule has 0 bridgehead atoms. The van der Waals surface area contributed by atoms with Gasteiger partial charge in [-0.2, -0.15) is 8.42 Å². The Balaban J connectivity index is 2.40. The molecule has 0 spiro atoms. The van der Waals surface area contributed by atoms with Gasteiger partial charge < -0.3 is 34.3 Å². The average molecular weight is 967 g/mol. The molecule has 388 valence electrons. The van der Waals surface area contributed by atoms with Gasteiger partial charge in [-0.25, -0.2) is 4.18 Å². The first kappa shape index (κ1) is 62.6. The zero-order valence-electron chi connectivity index (χ0n) is 41.7. The van der Waals surface area contributed by atoms with E-state index in [1.54, 1.807) is 0 Å². The minimum atomic E-state index is -5.08. The summed E-state index contributed by atoms with van der Waals surface area (Å²) in [5, 5.41) is 30.8. The highest BCUT2D eigenvalue weighted by molar-refractivity contribution is 7.80. The van der Waals surface area contributed by atoms with Crippen LogP contribution >= 0.6 is 0 Å². The molecule has 6 unspecified atom stereocenters. The van der Waals surface area contributed by atoms with Gasteiger partial charge in [0.1, 0.15) is 30.5 Å². The summed E-state index contributed by atoms with van der Waals surface area (Å²) in [7, 11) is -5.08. The number of allylic oxidation sites excluding steroid dienone is 12. The Bertz CT molecular complexity index is 1440. The molecule has 4 N–H and O–H groups in total. The number of unbranched alkanes of at least 4 members (excludes halogenated alkanes) is 20. The molecule has 0 aromatic rings. The quantitative estimate of drug-likeness (QED) is 0.0197. The van der Waals surface area contributed by atoms with E-state index in [1.165, 1.54) is 116 Å². The summed E-state index contributed by atoms with van der Waals surface area (Å²) in [4.78, 5) is 12.9. The fourth-order valence-corrected chi connectivity index (χ4v) is 8.21. The number of rotatable bonds is 45. The number of esters is 1. The average Bonchev–Trinajstić information content (AvgIpc) is 3.30. The SMILES string of the molecule is CC/C=C\C/C=C\C/C=C\C/C=C\C/C=C\C/C=C\CCC(=O)OC(COCCCCCCCCCCCCCCCCCCCCCCC)COC1OC(CO)C(O)C(OS(=O)(=O)O)C1O. The maximum atomic E-state index is 12.9. The third-order valence-electron chi connectivity index (χ3n) is 11.6. The van der Waals surface area contributed by atoms with Gasteiger partial charge in [-0.3, -0.25) is 9.35 Å². The lowest BCUT2D eigenvalue weighted by molar-refractivity contribution is -0.301. The monoisotopic (exact) mass is 967 g/mol. The van der Waals surface area contributed by atoms with E-state index in [0.29, 0.717) is 13.0 Å². The molecule has 0 aromatic carbocycles. The maximum absolute atomic E-state index is 12.9. The van der Waals surface area contributed by atoms with Gasteiger partial charge in [0.15, 0.2) is 6.29 Å². The third-order valence-corrected chi connectivity index (χ3v) is 12.1. The molecule has 13 heteroatoms. The van der Waals surface area contributed by atoms with Crippen molar-refractivity contribution in [2.45, 2.75) is 237 Å². The van der Waals surface area contributed by atoms with Crippen LogP contribution in [-0.2, 0) is 38.3 Å². The topological polar surface area (TPSA) is 178 Å². The van der Waals surface area contributed by atoms with Crippen LogP contribution in [0.1, 0.15) is 200 Å². The van der Waals surface area contributed by atoms with Crippen molar-refractivity contribution in [2.75, 3.05) is 26.4 Å². The number of aliphatic hydroxyl groups is 3. The highest BCUT2D eigenvalue weighted by Gasteiger charge is 2.48. The molecule has 0 aromatic heterocycles. The van der Waals surface area contributed by atoms with Crippen molar-refractivity contribution in [2.24, 2.45) is 0 Å². The second-order valence-corrected chi connectivity index (χ2v) is 18.8. The molecule has 1 rings (SSSR count). The van der Waals surface area contributed by atoms with Gasteiger partial charge in [0.2, 0.25) is 0 Å². The van der Waals surface area contributed by atoms with Gasteiger partial charge in [0, 0.05) is 13.0 Å². The molecule has 0 aliphatic carbocycles. The van der Waals surface area contributed by atoms with E-state index in [-0.39, 0.29) is 19.6 Å². The Kier molecular flexibility index (Phi) is 41.8. The van der Waals surface area contributed by atoms with E-state index >= 15 is 0 Å². The van der Waals surface area contributed by atoms with Gasteiger partial charge >= 0.3 is 16.4 Å². The first-order valence-electron chi connectivity index (χ1n) is 26.2. The second kappa shape index (κ2) is 44.7. The summed E-state index contributed by atoms with van der Waals surface area (Å²) in [6.07, 6.45) is 49.5. The number of hydrogen-bond acceptors (Lipinski definition) is 11. The van der Waals surface area contributed by atoms with E-state index in [4.69, 9.17) is 18.9 Å². The molecule has 67 heavy (non-hydrogen) atoms. The van der Waals surface area contributed by atoms with Crippen molar-refractivity contribution in [1.29, 1.82) is 0 Å². The van der Waals surface area contributed by atoms with Crippen molar-refractivity contribution in [3.8, 4) is 0 Å². The number of carbonyl (C=O) groups is 1. The van der Waals surface area contributed by atoms with Crippen LogP contribution in [0.25, 0.3) is 0 Å². The predicted octanol–water partition coefficient (Wildman–Crippen LogP) is 12.2. The molecule has 0 radical (unpaired) electrons.